The van der Waals surface area contributed by atoms with E-state index in [9.17, 15) is 0 Å². The number of hydrogen-bond donors (Lipinski definition) is 1. The fraction of sp³-hybridized carbons (Fsp3) is 0.538. The molecule has 1 aromatic rings. The highest BCUT2D eigenvalue weighted by atomic mass is 15.0. The molecular formula is C13H20N2. The van der Waals surface area contributed by atoms with Gasteiger partial charge in [0, 0.05) is 13.1 Å². The molecule has 0 radical (unpaired) electrons. The van der Waals surface area contributed by atoms with E-state index in [-0.39, 0.29) is 0 Å². The van der Waals surface area contributed by atoms with Crippen molar-refractivity contribution in [1.82, 2.24) is 10.2 Å². The van der Waals surface area contributed by atoms with Gasteiger partial charge in [-0.15, -0.1) is 0 Å². The summed E-state index contributed by atoms with van der Waals surface area (Å²) in [6, 6.07) is 6.95. The van der Waals surface area contributed by atoms with Crippen LogP contribution in [0.1, 0.15) is 16.7 Å². The van der Waals surface area contributed by atoms with E-state index in [2.05, 4.69) is 42.5 Å². The summed E-state index contributed by atoms with van der Waals surface area (Å²) in [6.07, 6.45) is 2.35. The number of likely N-dealkylation sites (N-methyl/N-ethyl adjacent to an activating group) is 1. The van der Waals surface area contributed by atoms with Crippen molar-refractivity contribution in [2.75, 3.05) is 27.2 Å². The molecule has 1 heterocycles. The van der Waals surface area contributed by atoms with Crippen molar-refractivity contribution in [3.05, 3.63) is 34.9 Å². The van der Waals surface area contributed by atoms with Gasteiger partial charge in [-0.25, -0.2) is 0 Å². The molecule has 0 bridgehead atoms. The number of nitrogens with one attached hydrogen (secondary N) is 1. The lowest BCUT2D eigenvalue weighted by Gasteiger charge is -2.18. The predicted octanol–water partition coefficient (Wildman–Crippen LogP) is 1.44. The SMILES string of the molecule is CN(C)CCc1ccc2c(c1)CCNC2. The Bertz CT molecular complexity index is 331. The van der Waals surface area contributed by atoms with Gasteiger partial charge in [0.15, 0.2) is 0 Å². The van der Waals surface area contributed by atoms with Crippen LogP contribution in [0.3, 0.4) is 0 Å². The van der Waals surface area contributed by atoms with Gasteiger partial charge in [-0.3, -0.25) is 0 Å². The van der Waals surface area contributed by atoms with Gasteiger partial charge >= 0.3 is 0 Å². The van der Waals surface area contributed by atoms with E-state index >= 15 is 0 Å². The molecule has 0 amide bonds. The van der Waals surface area contributed by atoms with Crippen molar-refractivity contribution in [3.63, 3.8) is 0 Å². The molecule has 0 unspecified atom stereocenters. The van der Waals surface area contributed by atoms with Crippen LogP contribution < -0.4 is 5.32 Å². The van der Waals surface area contributed by atoms with Gasteiger partial charge in [0.2, 0.25) is 0 Å². The molecule has 0 aliphatic carbocycles. The molecule has 2 nitrogen and oxygen atoms in total. The molecule has 2 heteroatoms. The Balaban J connectivity index is 2.07. The predicted molar refractivity (Wildman–Crippen MR) is 64.1 cm³/mol. The van der Waals surface area contributed by atoms with Crippen LogP contribution in [0.4, 0.5) is 0 Å². The van der Waals surface area contributed by atoms with Crippen LogP contribution in [0.5, 0.6) is 0 Å². The molecule has 0 fully saturated rings. The molecule has 1 aliphatic heterocycles. The Morgan fingerprint density at radius 3 is 2.93 bits per heavy atom. The van der Waals surface area contributed by atoms with Crippen LogP contribution in [0.25, 0.3) is 0 Å². The van der Waals surface area contributed by atoms with Gasteiger partial charge in [-0.2, -0.15) is 0 Å². The Morgan fingerprint density at radius 2 is 2.13 bits per heavy atom. The maximum absolute atomic E-state index is 3.40. The van der Waals surface area contributed by atoms with Crippen molar-refractivity contribution in [2.24, 2.45) is 0 Å². The fourth-order valence-corrected chi connectivity index (χ4v) is 2.04. The third kappa shape index (κ3) is 2.80. The molecular weight excluding hydrogens is 184 g/mol. The number of benzene rings is 1. The zero-order valence-electron chi connectivity index (χ0n) is 9.71. The first-order chi connectivity index (χ1) is 7.25. The van der Waals surface area contributed by atoms with E-state index in [4.69, 9.17) is 0 Å². The minimum atomic E-state index is 1.04. The molecule has 0 saturated heterocycles. The molecule has 0 atom stereocenters. The summed E-state index contributed by atoms with van der Waals surface area (Å²) >= 11 is 0. The van der Waals surface area contributed by atoms with E-state index in [0.717, 1.165) is 26.1 Å². The highest BCUT2D eigenvalue weighted by Gasteiger charge is 2.08. The number of nitrogens with zero attached hydrogens (tertiary/aromatic N) is 1. The smallest absolute Gasteiger partial charge is 0.0208 e. The second-order valence-corrected chi connectivity index (χ2v) is 4.58. The van der Waals surface area contributed by atoms with Gasteiger partial charge in [-0.05, 0) is 50.2 Å². The summed E-state index contributed by atoms with van der Waals surface area (Å²) in [5, 5.41) is 3.40. The van der Waals surface area contributed by atoms with Crippen LogP contribution in [0.2, 0.25) is 0 Å². The van der Waals surface area contributed by atoms with E-state index in [1.165, 1.54) is 17.5 Å². The largest absolute Gasteiger partial charge is 0.312 e. The molecule has 2 rings (SSSR count). The molecule has 0 spiro atoms. The molecule has 1 aromatic carbocycles. The van der Waals surface area contributed by atoms with Gasteiger partial charge in [0.25, 0.3) is 0 Å². The third-order valence-electron chi connectivity index (χ3n) is 3.00. The van der Waals surface area contributed by atoms with Crippen LogP contribution in [-0.4, -0.2) is 32.1 Å². The zero-order chi connectivity index (χ0) is 10.7. The second kappa shape index (κ2) is 4.77. The lowest BCUT2D eigenvalue weighted by atomic mass is 9.97. The summed E-state index contributed by atoms with van der Waals surface area (Å²) in [4.78, 5) is 2.24. The maximum Gasteiger partial charge on any atom is 0.0208 e. The molecule has 0 aromatic heterocycles. The summed E-state index contributed by atoms with van der Waals surface area (Å²) < 4.78 is 0. The van der Waals surface area contributed by atoms with Crippen LogP contribution >= 0.6 is 0 Å². The van der Waals surface area contributed by atoms with Gasteiger partial charge in [0.05, 0.1) is 0 Å². The Labute approximate surface area is 92.3 Å². The molecule has 1 N–H and O–H groups in total. The average Bonchev–Trinajstić information content (AvgIpc) is 2.26. The normalized spacial score (nSPS) is 15.4. The minimum Gasteiger partial charge on any atom is -0.312 e. The summed E-state index contributed by atoms with van der Waals surface area (Å²) in [7, 11) is 4.25. The first-order valence-corrected chi connectivity index (χ1v) is 5.72. The Kier molecular flexibility index (Phi) is 3.39. The fourth-order valence-electron chi connectivity index (χ4n) is 2.04. The topological polar surface area (TPSA) is 15.3 Å². The van der Waals surface area contributed by atoms with E-state index in [1.54, 1.807) is 5.56 Å². The highest BCUT2D eigenvalue weighted by Crippen LogP contribution is 2.16. The van der Waals surface area contributed by atoms with E-state index in [0.29, 0.717) is 0 Å². The summed E-state index contributed by atoms with van der Waals surface area (Å²) in [6.45, 7) is 3.31. The standard InChI is InChI=1S/C13H20N2/c1-15(2)8-6-11-3-4-13-10-14-7-5-12(13)9-11/h3-4,9,14H,5-8,10H2,1-2H3. The molecule has 1 aliphatic rings. The van der Waals surface area contributed by atoms with Gasteiger partial charge < -0.3 is 10.2 Å². The molecule has 15 heavy (non-hydrogen) atoms. The average molecular weight is 204 g/mol. The van der Waals surface area contributed by atoms with Crippen LogP contribution in [-0.2, 0) is 19.4 Å². The lowest BCUT2D eigenvalue weighted by molar-refractivity contribution is 0.413. The molecule has 82 valence electrons. The van der Waals surface area contributed by atoms with E-state index in [1.807, 2.05) is 0 Å². The monoisotopic (exact) mass is 204 g/mol. The minimum absolute atomic E-state index is 1.04. The van der Waals surface area contributed by atoms with Crippen molar-refractivity contribution >= 4 is 0 Å². The van der Waals surface area contributed by atoms with Gasteiger partial charge in [0.1, 0.15) is 0 Å². The van der Waals surface area contributed by atoms with Crippen LogP contribution in [0.15, 0.2) is 18.2 Å². The van der Waals surface area contributed by atoms with Crippen molar-refractivity contribution in [2.45, 2.75) is 19.4 Å². The first-order valence-electron chi connectivity index (χ1n) is 5.72. The van der Waals surface area contributed by atoms with Crippen molar-refractivity contribution < 1.29 is 0 Å². The van der Waals surface area contributed by atoms with Crippen molar-refractivity contribution in [1.29, 1.82) is 0 Å². The number of fused-ring (bicyclic) bond motifs is 1. The summed E-state index contributed by atoms with van der Waals surface area (Å²) in [5.74, 6) is 0. The Hall–Kier alpha value is -0.860. The van der Waals surface area contributed by atoms with Crippen LogP contribution in [0, 0.1) is 0 Å². The molecule has 0 saturated carbocycles. The van der Waals surface area contributed by atoms with E-state index < -0.39 is 0 Å². The maximum atomic E-state index is 3.40. The second-order valence-electron chi connectivity index (χ2n) is 4.58. The highest BCUT2D eigenvalue weighted by molar-refractivity contribution is 5.33. The third-order valence-corrected chi connectivity index (χ3v) is 3.00. The lowest BCUT2D eigenvalue weighted by Crippen LogP contribution is -2.23. The summed E-state index contributed by atoms with van der Waals surface area (Å²) in [5.41, 5.74) is 4.50. The zero-order valence-corrected chi connectivity index (χ0v) is 9.71. The Morgan fingerprint density at radius 1 is 1.27 bits per heavy atom. The number of hydrogen-bond acceptors (Lipinski definition) is 2. The first kappa shape index (κ1) is 10.7. The number of rotatable bonds is 3. The van der Waals surface area contributed by atoms with Gasteiger partial charge in [-0.1, -0.05) is 18.2 Å². The van der Waals surface area contributed by atoms with Crippen molar-refractivity contribution in [3.8, 4) is 0 Å². The quantitative estimate of drug-likeness (QED) is 0.801.